The Morgan fingerprint density at radius 3 is 2.37 bits per heavy atom. The van der Waals surface area contributed by atoms with Gasteiger partial charge in [-0.1, -0.05) is 53.6 Å². The van der Waals surface area contributed by atoms with Crippen LogP contribution in [-0.4, -0.2) is 0 Å². The summed E-state index contributed by atoms with van der Waals surface area (Å²) in [5.74, 6) is 0. The summed E-state index contributed by atoms with van der Waals surface area (Å²) in [6, 6.07) is 15.2. The maximum atomic E-state index is 6.14. The Hall–Kier alpha value is -1.31. The van der Waals surface area contributed by atoms with Crippen LogP contribution in [0, 0.1) is 13.8 Å². The number of hydrogen-bond donors (Lipinski definition) is 1. The van der Waals surface area contributed by atoms with Crippen LogP contribution >= 0.6 is 11.6 Å². The molecular formula is C17H20ClN. The molecule has 0 spiro atoms. The predicted molar refractivity (Wildman–Crippen MR) is 82.6 cm³/mol. The summed E-state index contributed by atoms with van der Waals surface area (Å²) in [6.07, 6.45) is 0. The zero-order valence-corrected chi connectivity index (χ0v) is 12.5. The molecule has 0 radical (unpaired) electrons. The molecule has 2 heteroatoms. The Bertz CT molecular complexity index is 546. The van der Waals surface area contributed by atoms with Crippen molar-refractivity contribution in [1.82, 2.24) is 5.32 Å². The van der Waals surface area contributed by atoms with Gasteiger partial charge in [0.1, 0.15) is 0 Å². The minimum absolute atomic E-state index is 0.334. The number of rotatable bonds is 4. The lowest BCUT2D eigenvalue weighted by Gasteiger charge is -2.15. The zero-order valence-electron chi connectivity index (χ0n) is 11.7. The highest BCUT2D eigenvalue weighted by molar-refractivity contribution is 6.31. The minimum Gasteiger partial charge on any atom is -0.306 e. The van der Waals surface area contributed by atoms with Crippen molar-refractivity contribution >= 4 is 11.6 Å². The first-order valence-corrected chi connectivity index (χ1v) is 6.99. The molecule has 0 bridgehead atoms. The van der Waals surface area contributed by atoms with Crippen molar-refractivity contribution in [3.8, 4) is 0 Å². The molecule has 1 nitrogen and oxygen atoms in total. The molecule has 1 atom stereocenters. The van der Waals surface area contributed by atoms with Gasteiger partial charge in [0.15, 0.2) is 0 Å². The molecule has 0 fully saturated rings. The van der Waals surface area contributed by atoms with Gasteiger partial charge in [-0.2, -0.15) is 0 Å². The van der Waals surface area contributed by atoms with Crippen LogP contribution in [-0.2, 0) is 6.54 Å². The molecule has 0 saturated carbocycles. The van der Waals surface area contributed by atoms with E-state index in [1.165, 1.54) is 16.7 Å². The van der Waals surface area contributed by atoms with Crippen molar-refractivity contribution in [2.45, 2.75) is 33.4 Å². The minimum atomic E-state index is 0.334. The lowest BCUT2D eigenvalue weighted by molar-refractivity contribution is 0.574. The fourth-order valence-corrected chi connectivity index (χ4v) is 2.19. The van der Waals surface area contributed by atoms with Gasteiger partial charge in [-0.25, -0.2) is 0 Å². The van der Waals surface area contributed by atoms with Gasteiger partial charge < -0.3 is 5.32 Å². The SMILES string of the molecule is Cc1ccc([C@H](C)NCc2ccc(C)c(Cl)c2)cc1. The van der Waals surface area contributed by atoms with Gasteiger partial charge in [0.05, 0.1) is 0 Å². The summed E-state index contributed by atoms with van der Waals surface area (Å²) in [5, 5.41) is 4.36. The maximum Gasteiger partial charge on any atom is 0.0438 e. The van der Waals surface area contributed by atoms with Crippen LogP contribution in [0.3, 0.4) is 0 Å². The Morgan fingerprint density at radius 1 is 1.05 bits per heavy atom. The van der Waals surface area contributed by atoms with E-state index in [2.05, 4.69) is 55.6 Å². The summed E-state index contributed by atoms with van der Waals surface area (Å²) < 4.78 is 0. The van der Waals surface area contributed by atoms with Gasteiger partial charge in [-0.05, 0) is 43.5 Å². The van der Waals surface area contributed by atoms with E-state index in [0.717, 1.165) is 17.1 Å². The van der Waals surface area contributed by atoms with E-state index in [4.69, 9.17) is 11.6 Å². The van der Waals surface area contributed by atoms with Crippen molar-refractivity contribution in [3.05, 3.63) is 69.7 Å². The summed E-state index contributed by atoms with van der Waals surface area (Å²) in [6.45, 7) is 7.14. The number of hydrogen-bond acceptors (Lipinski definition) is 1. The van der Waals surface area contributed by atoms with Crippen molar-refractivity contribution in [2.24, 2.45) is 0 Å². The third kappa shape index (κ3) is 3.82. The second-order valence-corrected chi connectivity index (χ2v) is 5.50. The largest absolute Gasteiger partial charge is 0.306 e. The second kappa shape index (κ2) is 6.23. The van der Waals surface area contributed by atoms with Crippen molar-refractivity contribution < 1.29 is 0 Å². The first-order chi connectivity index (χ1) is 9.06. The highest BCUT2D eigenvalue weighted by atomic mass is 35.5. The normalized spacial score (nSPS) is 12.4. The van der Waals surface area contributed by atoms with Gasteiger partial charge in [0, 0.05) is 17.6 Å². The zero-order chi connectivity index (χ0) is 13.8. The predicted octanol–water partition coefficient (Wildman–Crippen LogP) is 4.81. The van der Waals surface area contributed by atoms with Gasteiger partial charge >= 0.3 is 0 Å². The number of nitrogens with one attached hydrogen (secondary N) is 1. The highest BCUT2D eigenvalue weighted by Crippen LogP contribution is 2.18. The average Bonchev–Trinajstić information content (AvgIpc) is 2.40. The van der Waals surface area contributed by atoms with Gasteiger partial charge in [-0.3, -0.25) is 0 Å². The Kier molecular flexibility index (Phi) is 4.62. The first-order valence-electron chi connectivity index (χ1n) is 6.61. The Morgan fingerprint density at radius 2 is 1.74 bits per heavy atom. The highest BCUT2D eigenvalue weighted by Gasteiger charge is 2.05. The van der Waals surface area contributed by atoms with Crippen LogP contribution in [0.1, 0.15) is 35.2 Å². The molecule has 0 aliphatic carbocycles. The number of aryl methyl sites for hydroxylation is 2. The van der Waals surface area contributed by atoms with E-state index in [-0.39, 0.29) is 0 Å². The van der Waals surface area contributed by atoms with Crippen LogP contribution in [0.5, 0.6) is 0 Å². The maximum absolute atomic E-state index is 6.14. The van der Waals surface area contributed by atoms with Gasteiger partial charge in [-0.15, -0.1) is 0 Å². The van der Waals surface area contributed by atoms with Crippen LogP contribution in [0.25, 0.3) is 0 Å². The van der Waals surface area contributed by atoms with E-state index >= 15 is 0 Å². The summed E-state index contributed by atoms with van der Waals surface area (Å²) in [4.78, 5) is 0. The van der Waals surface area contributed by atoms with Crippen molar-refractivity contribution in [2.75, 3.05) is 0 Å². The van der Waals surface area contributed by atoms with E-state index in [9.17, 15) is 0 Å². The van der Waals surface area contributed by atoms with E-state index in [1.807, 2.05) is 13.0 Å². The summed E-state index contributed by atoms with van der Waals surface area (Å²) in [7, 11) is 0. The molecule has 100 valence electrons. The van der Waals surface area contributed by atoms with Crippen molar-refractivity contribution in [1.29, 1.82) is 0 Å². The molecule has 0 aliphatic rings. The number of benzene rings is 2. The van der Waals surface area contributed by atoms with Crippen LogP contribution in [0.2, 0.25) is 5.02 Å². The van der Waals surface area contributed by atoms with Gasteiger partial charge in [0.25, 0.3) is 0 Å². The molecular weight excluding hydrogens is 254 g/mol. The second-order valence-electron chi connectivity index (χ2n) is 5.10. The van der Waals surface area contributed by atoms with E-state index in [1.54, 1.807) is 0 Å². The van der Waals surface area contributed by atoms with Gasteiger partial charge in [0.2, 0.25) is 0 Å². The standard InChI is InChI=1S/C17H20ClN/c1-12-4-8-16(9-5-12)14(3)19-11-15-7-6-13(2)17(18)10-15/h4-10,14,19H,11H2,1-3H3/t14-/m0/s1. The average molecular weight is 274 g/mol. The molecule has 0 saturated heterocycles. The Balaban J connectivity index is 1.98. The fraction of sp³-hybridized carbons (Fsp3) is 0.294. The fourth-order valence-electron chi connectivity index (χ4n) is 1.99. The third-order valence-electron chi connectivity index (χ3n) is 3.43. The molecule has 2 aromatic rings. The summed E-state index contributed by atoms with van der Waals surface area (Å²) in [5.41, 5.74) is 4.94. The Labute approximate surface area is 120 Å². The molecule has 0 amide bonds. The molecule has 0 heterocycles. The molecule has 2 aromatic carbocycles. The van der Waals surface area contributed by atoms with E-state index < -0.39 is 0 Å². The molecule has 1 N–H and O–H groups in total. The van der Waals surface area contributed by atoms with Crippen LogP contribution in [0.4, 0.5) is 0 Å². The van der Waals surface area contributed by atoms with Crippen LogP contribution < -0.4 is 5.32 Å². The lowest BCUT2D eigenvalue weighted by Crippen LogP contribution is -2.18. The van der Waals surface area contributed by atoms with Crippen molar-refractivity contribution in [3.63, 3.8) is 0 Å². The third-order valence-corrected chi connectivity index (χ3v) is 3.83. The molecule has 0 aliphatic heterocycles. The summed E-state index contributed by atoms with van der Waals surface area (Å²) >= 11 is 6.14. The molecule has 0 unspecified atom stereocenters. The quantitative estimate of drug-likeness (QED) is 0.843. The molecule has 0 aromatic heterocycles. The molecule has 2 rings (SSSR count). The monoisotopic (exact) mass is 273 g/mol. The first kappa shape index (κ1) is 14.1. The lowest BCUT2D eigenvalue weighted by atomic mass is 10.1. The molecule has 19 heavy (non-hydrogen) atoms. The number of halogens is 1. The van der Waals surface area contributed by atoms with E-state index in [0.29, 0.717) is 6.04 Å². The smallest absolute Gasteiger partial charge is 0.0438 e. The topological polar surface area (TPSA) is 12.0 Å². The van der Waals surface area contributed by atoms with Crippen LogP contribution in [0.15, 0.2) is 42.5 Å².